The van der Waals surface area contributed by atoms with Crippen molar-refractivity contribution in [2.75, 3.05) is 0 Å². The van der Waals surface area contributed by atoms with Crippen LogP contribution in [0.25, 0.3) is 10.4 Å². The summed E-state index contributed by atoms with van der Waals surface area (Å²) < 4.78 is 1.96. The van der Waals surface area contributed by atoms with E-state index in [0.717, 1.165) is 13.1 Å². The number of rotatable bonds is 6. The van der Waals surface area contributed by atoms with E-state index in [1.807, 2.05) is 34.5 Å². The maximum Gasteiger partial charge on any atom is 0.0560 e. The van der Waals surface area contributed by atoms with Gasteiger partial charge < -0.3 is 5.32 Å². The van der Waals surface area contributed by atoms with Crippen molar-refractivity contribution < 1.29 is 0 Å². The van der Waals surface area contributed by atoms with Gasteiger partial charge in [0.1, 0.15) is 0 Å². The van der Waals surface area contributed by atoms with Crippen molar-refractivity contribution in [2.24, 2.45) is 0 Å². The zero-order valence-corrected chi connectivity index (χ0v) is 12.9. The highest BCUT2D eigenvalue weighted by Crippen LogP contribution is 2.27. The summed E-state index contributed by atoms with van der Waals surface area (Å²) in [4.78, 5) is 2.69. The van der Waals surface area contributed by atoms with Crippen molar-refractivity contribution in [1.82, 2.24) is 15.1 Å². The third-order valence-corrected chi connectivity index (χ3v) is 4.50. The predicted molar refractivity (Wildman–Crippen MR) is 88.3 cm³/mol. The van der Waals surface area contributed by atoms with E-state index < -0.39 is 0 Å². The van der Waals surface area contributed by atoms with Crippen LogP contribution in [0.1, 0.15) is 11.8 Å². The first-order valence-corrected chi connectivity index (χ1v) is 7.98. The Labute approximate surface area is 129 Å². The second-order valence-electron chi connectivity index (χ2n) is 5.14. The molecule has 0 aliphatic heterocycles. The minimum Gasteiger partial charge on any atom is -0.308 e. The number of benzene rings is 1. The number of hydrogen-bond donors (Lipinski definition) is 1. The Bertz CT molecular complexity index is 658. The standard InChI is InChI=1S/C17H19N3S/c1-14(13-20-11-5-10-19-20)18-12-16-8-9-17(21-16)15-6-3-2-4-7-15/h2-11,14,18H,12-13H2,1H3. The molecule has 0 saturated heterocycles. The van der Waals surface area contributed by atoms with Gasteiger partial charge in [0.15, 0.2) is 0 Å². The van der Waals surface area contributed by atoms with Gasteiger partial charge in [0.2, 0.25) is 0 Å². The Hall–Kier alpha value is -1.91. The number of aromatic nitrogens is 2. The second-order valence-corrected chi connectivity index (χ2v) is 6.31. The molecule has 1 atom stereocenters. The van der Waals surface area contributed by atoms with Crippen LogP contribution in [0.3, 0.4) is 0 Å². The Morgan fingerprint density at radius 3 is 2.76 bits per heavy atom. The summed E-state index contributed by atoms with van der Waals surface area (Å²) in [6.45, 7) is 3.98. The van der Waals surface area contributed by atoms with Crippen LogP contribution in [0, 0.1) is 0 Å². The molecule has 0 bridgehead atoms. The highest BCUT2D eigenvalue weighted by Gasteiger charge is 2.05. The molecule has 2 heterocycles. The van der Waals surface area contributed by atoms with Gasteiger partial charge >= 0.3 is 0 Å². The molecular weight excluding hydrogens is 278 g/mol. The van der Waals surface area contributed by atoms with Crippen LogP contribution in [0.15, 0.2) is 60.9 Å². The molecule has 4 heteroatoms. The molecule has 1 N–H and O–H groups in total. The summed E-state index contributed by atoms with van der Waals surface area (Å²) in [7, 11) is 0. The van der Waals surface area contributed by atoms with Crippen LogP contribution >= 0.6 is 11.3 Å². The van der Waals surface area contributed by atoms with Crippen LogP contribution in [0.2, 0.25) is 0 Å². The zero-order valence-electron chi connectivity index (χ0n) is 12.1. The van der Waals surface area contributed by atoms with Crippen molar-refractivity contribution in [1.29, 1.82) is 0 Å². The monoisotopic (exact) mass is 297 g/mol. The first-order chi connectivity index (χ1) is 10.3. The molecule has 0 aliphatic carbocycles. The molecule has 0 saturated carbocycles. The Morgan fingerprint density at radius 1 is 1.14 bits per heavy atom. The average Bonchev–Trinajstić information content (AvgIpc) is 3.17. The number of nitrogens with one attached hydrogen (secondary N) is 1. The van der Waals surface area contributed by atoms with E-state index in [9.17, 15) is 0 Å². The molecular formula is C17H19N3S. The molecule has 2 aromatic heterocycles. The lowest BCUT2D eigenvalue weighted by atomic mass is 10.2. The van der Waals surface area contributed by atoms with E-state index in [4.69, 9.17) is 0 Å². The van der Waals surface area contributed by atoms with Crippen LogP contribution in [0.5, 0.6) is 0 Å². The van der Waals surface area contributed by atoms with Crippen LogP contribution in [0.4, 0.5) is 0 Å². The van der Waals surface area contributed by atoms with Gasteiger partial charge in [0, 0.05) is 34.7 Å². The zero-order chi connectivity index (χ0) is 14.5. The van der Waals surface area contributed by atoms with Gasteiger partial charge in [-0.1, -0.05) is 30.3 Å². The maximum absolute atomic E-state index is 4.23. The molecule has 108 valence electrons. The summed E-state index contributed by atoms with van der Waals surface area (Å²) in [5.74, 6) is 0. The first-order valence-electron chi connectivity index (χ1n) is 7.16. The molecule has 0 spiro atoms. The van der Waals surface area contributed by atoms with E-state index in [1.165, 1.54) is 15.3 Å². The van der Waals surface area contributed by atoms with Gasteiger partial charge in [-0.25, -0.2) is 0 Å². The molecule has 3 rings (SSSR count). The first kappa shape index (κ1) is 14.0. The van der Waals surface area contributed by atoms with Crippen molar-refractivity contribution in [3.8, 4) is 10.4 Å². The summed E-state index contributed by atoms with van der Waals surface area (Å²) in [5, 5.41) is 7.79. The van der Waals surface area contributed by atoms with Gasteiger partial charge in [-0.05, 0) is 30.7 Å². The summed E-state index contributed by atoms with van der Waals surface area (Å²) in [6.07, 6.45) is 3.81. The fraction of sp³-hybridized carbons (Fsp3) is 0.235. The summed E-state index contributed by atoms with van der Waals surface area (Å²) >= 11 is 1.85. The van der Waals surface area contributed by atoms with Crippen LogP contribution in [-0.4, -0.2) is 15.8 Å². The normalized spacial score (nSPS) is 12.4. The Kier molecular flexibility index (Phi) is 4.48. The van der Waals surface area contributed by atoms with E-state index in [1.54, 1.807) is 0 Å². The molecule has 1 aromatic carbocycles. The van der Waals surface area contributed by atoms with Crippen molar-refractivity contribution in [3.63, 3.8) is 0 Å². The van der Waals surface area contributed by atoms with Gasteiger partial charge in [0.25, 0.3) is 0 Å². The molecule has 21 heavy (non-hydrogen) atoms. The lowest BCUT2D eigenvalue weighted by Crippen LogP contribution is -2.29. The van der Waals surface area contributed by atoms with Crippen LogP contribution < -0.4 is 5.32 Å². The van der Waals surface area contributed by atoms with Crippen molar-refractivity contribution in [2.45, 2.75) is 26.1 Å². The third-order valence-electron chi connectivity index (χ3n) is 3.36. The van der Waals surface area contributed by atoms with E-state index in [0.29, 0.717) is 6.04 Å². The molecule has 0 aliphatic rings. The minimum atomic E-state index is 0.396. The maximum atomic E-state index is 4.23. The highest BCUT2D eigenvalue weighted by atomic mass is 32.1. The summed E-state index contributed by atoms with van der Waals surface area (Å²) in [6, 6.07) is 17.3. The van der Waals surface area contributed by atoms with Gasteiger partial charge in [-0.3, -0.25) is 4.68 Å². The largest absolute Gasteiger partial charge is 0.308 e. The SMILES string of the molecule is CC(Cn1cccn1)NCc1ccc(-c2ccccc2)s1. The minimum absolute atomic E-state index is 0.396. The van der Waals surface area contributed by atoms with Gasteiger partial charge in [-0.2, -0.15) is 5.10 Å². The van der Waals surface area contributed by atoms with E-state index in [-0.39, 0.29) is 0 Å². The topological polar surface area (TPSA) is 29.9 Å². The predicted octanol–water partition coefficient (Wildman–Crippen LogP) is 3.79. The van der Waals surface area contributed by atoms with Crippen molar-refractivity contribution >= 4 is 11.3 Å². The molecule has 3 aromatic rings. The second kappa shape index (κ2) is 6.70. The fourth-order valence-electron chi connectivity index (χ4n) is 2.26. The molecule has 0 amide bonds. The molecule has 0 radical (unpaired) electrons. The molecule has 3 nitrogen and oxygen atoms in total. The summed E-state index contributed by atoms with van der Waals surface area (Å²) in [5.41, 5.74) is 1.29. The third kappa shape index (κ3) is 3.80. The van der Waals surface area contributed by atoms with E-state index >= 15 is 0 Å². The Morgan fingerprint density at radius 2 is 2.00 bits per heavy atom. The Balaban J connectivity index is 1.55. The smallest absolute Gasteiger partial charge is 0.0560 e. The van der Waals surface area contributed by atoms with Crippen molar-refractivity contribution in [3.05, 3.63) is 65.8 Å². The average molecular weight is 297 g/mol. The molecule has 0 fully saturated rings. The number of hydrogen-bond acceptors (Lipinski definition) is 3. The van der Waals surface area contributed by atoms with Crippen LogP contribution in [-0.2, 0) is 13.1 Å². The highest BCUT2D eigenvalue weighted by molar-refractivity contribution is 7.15. The lowest BCUT2D eigenvalue weighted by Gasteiger charge is -2.12. The van der Waals surface area contributed by atoms with Gasteiger partial charge in [-0.15, -0.1) is 11.3 Å². The lowest BCUT2D eigenvalue weighted by molar-refractivity contribution is 0.452. The van der Waals surface area contributed by atoms with E-state index in [2.05, 4.69) is 59.8 Å². The number of thiophene rings is 1. The quantitative estimate of drug-likeness (QED) is 0.750. The van der Waals surface area contributed by atoms with Gasteiger partial charge in [0.05, 0.1) is 6.54 Å². The number of nitrogens with zero attached hydrogens (tertiary/aromatic N) is 2. The molecule has 1 unspecified atom stereocenters. The fourth-order valence-corrected chi connectivity index (χ4v) is 3.22.